The molecule has 1 aromatic carbocycles. The second kappa shape index (κ2) is 7.80. The van der Waals surface area contributed by atoms with E-state index in [9.17, 15) is 5.11 Å². The summed E-state index contributed by atoms with van der Waals surface area (Å²) in [4.78, 5) is 3.91. The SMILES string of the molecule is C[C@H]1[C@H](C)CC[C@]2(CO)CC[C@]3(C)C(=CC[C@@H]4[C@@]5(C)Cc6c([nH]c7ccccc67)C(C)(C)[C@@H]5CC[C@]43C)[C@H]12. The third-order valence-electron chi connectivity index (χ3n) is 14.6. The second-order valence-corrected chi connectivity index (χ2v) is 16.1. The first-order valence-electron chi connectivity index (χ1n) is 15.8. The molecule has 3 fully saturated rings. The fourth-order valence-electron chi connectivity index (χ4n) is 12.2. The van der Waals surface area contributed by atoms with Crippen molar-refractivity contribution in [2.75, 3.05) is 6.61 Å². The van der Waals surface area contributed by atoms with Crippen LogP contribution in [-0.4, -0.2) is 16.7 Å². The van der Waals surface area contributed by atoms with Crippen molar-refractivity contribution < 1.29 is 5.11 Å². The van der Waals surface area contributed by atoms with Gasteiger partial charge in [-0.3, -0.25) is 0 Å². The molecule has 38 heavy (non-hydrogen) atoms. The lowest BCUT2D eigenvalue weighted by atomic mass is 9.33. The van der Waals surface area contributed by atoms with Gasteiger partial charge in [0, 0.05) is 34.0 Å². The molecule has 0 aliphatic heterocycles. The van der Waals surface area contributed by atoms with Crippen LogP contribution in [0.3, 0.4) is 0 Å². The van der Waals surface area contributed by atoms with Crippen LogP contribution in [0.1, 0.15) is 105 Å². The van der Waals surface area contributed by atoms with Gasteiger partial charge in [0.1, 0.15) is 0 Å². The van der Waals surface area contributed by atoms with Crippen LogP contribution in [0.5, 0.6) is 0 Å². The fourth-order valence-corrected chi connectivity index (χ4v) is 12.2. The summed E-state index contributed by atoms with van der Waals surface area (Å²) in [5.41, 5.74) is 7.31. The zero-order valence-corrected chi connectivity index (χ0v) is 25.1. The third kappa shape index (κ3) is 2.84. The molecule has 9 atom stereocenters. The first-order valence-corrected chi connectivity index (χ1v) is 15.8. The molecule has 5 aliphatic carbocycles. The van der Waals surface area contributed by atoms with Crippen LogP contribution in [-0.2, 0) is 11.8 Å². The number of rotatable bonds is 1. The Kier molecular flexibility index (Phi) is 5.22. The van der Waals surface area contributed by atoms with Crippen molar-refractivity contribution in [2.45, 2.75) is 105 Å². The van der Waals surface area contributed by atoms with E-state index in [4.69, 9.17) is 0 Å². The topological polar surface area (TPSA) is 36.0 Å². The van der Waals surface area contributed by atoms with E-state index >= 15 is 0 Å². The van der Waals surface area contributed by atoms with Crippen molar-refractivity contribution in [1.82, 2.24) is 4.98 Å². The summed E-state index contributed by atoms with van der Waals surface area (Å²) in [6.07, 6.45) is 12.8. The lowest BCUT2D eigenvalue weighted by Crippen LogP contribution is -2.64. The number of fused-ring (bicyclic) bond motifs is 10. The zero-order chi connectivity index (χ0) is 26.9. The summed E-state index contributed by atoms with van der Waals surface area (Å²) in [7, 11) is 0. The summed E-state index contributed by atoms with van der Waals surface area (Å²) in [5, 5.41) is 12.3. The second-order valence-electron chi connectivity index (χ2n) is 16.1. The fraction of sp³-hybridized carbons (Fsp3) is 0.722. The average Bonchev–Trinajstić information content (AvgIpc) is 3.26. The molecule has 206 valence electrons. The number of hydrogen-bond acceptors (Lipinski definition) is 1. The molecule has 5 aliphatic rings. The highest BCUT2D eigenvalue weighted by molar-refractivity contribution is 5.85. The Bertz CT molecular complexity index is 1320. The molecule has 0 unspecified atom stereocenters. The van der Waals surface area contributed by atoms with E-state index in [1.165, 1.54) is 68.0 Å². The smallest absolute Gasteiger partial charge is 0.0493 e. The summed E-state index contributed by atoms with van der Waals surface area (Å²) < 4.78 is 0. The van der Waals surface area contributed by atoms with Crippen molar-refractivity contribution in [1.29, 1.82) is 0 Å². The van der Waals surface area contributed by atoms with Gasteiger partial charge in [-0.2, -0.15) is 0 Å². The minimum Gasteiger partial charge on any atom is -0.396 e. The normalized spacial score (nSPS) is 47.3. The number of para-hydroxylation sites is 1. The van der Waals surface area contributed by atoms with Crippen molar-refractivity contribution in [3.63, 3.8) is 0 Å². The average molecular weight is 514 g/mol. The maximum absolute atomic E-state index is 10.8. The molecule has 0 radical (unpaired) electrons. The van der Waals surface area contributed by atoms with Gasteiger partial charge in [-0.25, -0.2) is 0 Å². The van der Waals surface area contributed by atoms with Crippen LogP contribution in [0, 0.1) is 51.2 Å². The Balaban J connectivity index is 1.36. The highest BCUT2D eigenvalue weighted by Crippen LogP contribution is 2.75. The lowest BCUT2D eigenvalue weighted by molar-refractivity contribution is -0.166. The number of benzene rings is 1. The van der Waals surface area contributed by atoms with Crippen LogP contribution in [0.25, 0.3) is 10.9 Å². The summed E-state index contributed by atoms with van der Waals surface area (Å²) in [6.45, 7) is 18.5. The van der Waals surface area contributed by atoms with Gasteiger partial charge in [0.15, 0.2) is 0 Å². The number of aliphatic hydroxyl groups is 1. The molecule has 0 bridgehead atoms. The first kappa shape index (κ1) is 25.4. The van der Waals surface area contributed by atoms with Gasteiger partial charge in [0.2, 0.25) is 0 Å². The van der Waals surface area contributed by atoms with E-state index in [0.29, 0.717) is 35.7 Å². The van der Waals surface area contributed by atoms with Gasteiger partial charge >= 0.3 is 0 Å². The van der Waals surface area contributed by atoms with Gasteiger partial charge in [-0.1, -0.05) is 78.3 Å². The van der Waals surface area contributed by atoms with E-state index < -0.39 is 0 Å². The quantitative estimate of drug-likeness (QED) is 0.367. The van der Waals surface area contributed by atoms with E-state index in [0.717, 1.165) is 5.92 Å². The molecule has 1 heterocycles. The summed E-state index contributed by atoms with van der Waals surface area (Å²) in [6, 6.07) is 9.04. The summed E-state index contributed by atoms with van der Waals surface area (Å²) >= 11 is 0. The van der Waals surface area contributed by atoms with E-state index in [2.05, 4.69) is 83.8 Å². The minimum absolute atomic E-state index is 0.118. The molecule has 0 saturated heterocycles. The number of H-pyrrole nitrogens is 1. The lowest BCUT2D eigenvalue weighted by Gasteiger charge is -2.71. The number of hydrogen-bond donors (Lipinski definition) is 2. The van der Waals surface area contributed by atoms with Gasteiger partial charge in [-0.05, 0) is 109 Å². The molecule has 0 spiro atoms. The highest BCUT2D eigenvalue weighted by atomic mass is 16.3. The van der Waals surface area contributed by atoms with Crippen LogP contribution in [0.2, 0.25) is 0 Å². The standard InChI is InChI=1S/C36H51NO/c1-22-14-17-36(21-38)19-18-34(6)26(30(36)23(22)2)12-13-29-33(5)20-25-24-10-8-9-11-27(24)37-31(25)32(3,4)28(33)15-16-35(29,34)7/h8-12,22-23,28-30,37-38H,13-21H2,1-7H3/t22-,23+,28+,29-,30+,33+,34-,35-,36-/m1/s1. The molecule has 2 nitrogen and oxygen atoms in total. The number of allylic oxidation sites excluding steroid dienone is 2. The Hall–Kier alpha value is -1.54. The maximum Gasteiger partial charge on any atom is 0.0493 e. The Labute approximate surface area is 231 Å². The molecular weight excluding hydrogens is 462 g/mol. The van der Waals surface area contributed by atoms with E-state index in [1.54, 1.807) is 11.1 Å². The van der Waals surface area contributed by atoms with E-state index in [-0.39, 0.29) is 21.7 Å². The minimum atomic E-state index is 0.118. The number of aliphatic hydroxyl groups excluding tert-OH is 1. The van der Waals surface area contributed by atoms with Crippen LogP contribution >= 0.6 is 0 Å². The molecule has 2 heteroatoms. The van der Waals surface area contributed by atoms with Crippen LogP contribution in [0.15, 0.2) is 35.9 Å². The number of nitrogens with one attached hydrogen (secondary N) is 1. The summed E-state index contributed by atoms with van der Waals surface area (Å²) in [5.74, 6) is 3.36. The third-order valence-corrected chi connectivity index (χ3v) is 14.6. The van der Waals surface area contributed by atoms with Gasteiger partial charge in [-0.15, -0.1) is 0 Å². The zero-order valence-electron chi connectivity index (χ0n) is 25.1. The molecule has 1 aromatic heterocycles. The predicted octanol–water partition coefficient (Wildman–Crippen LogP) is 8.83. The van der Waals surface area contributed by atoms with Gasteiger partial charge < -0.3 is 10.1 Å². The highest BCUT2D eigenvalue weighted by Gasteiger charge is 2.68. The monoisotopic (exact) mass is 513 g/mol. The van der Waals surface area contributed by atoms with Crippen LogP contribution < -0.4 is 0 Å². The van der Waals surface area contributed by atoms with Crippen molar-refractivity contribution in [2.24, 2.45) is 51.2 Å². The molecular formula is C36H51NO. The van der Waals surface area contributed by atoms with Crippen LogP contribution in [0.4, 0.5) is 0 Å². The molecule has 2 N–H and O–H groups in total. The molecule has 3 saturated carbocycles. The van der Waals surface area contributed by atoms with Gasteiger partial charge in [0.05, 0.1) is 0 Å². The van der Waals surface area contributed by atoms with Crippen molar-refractivity contribution >= 4 is 10.9 Å². The van der Waals surface area contributed by atoms with Crippen molar-refractivity contribution in [3.05, 3.63) is 47.2 Å². The van der Waals surface area contributed by atoms with Crippen molar-refractivity contribution in [3.8, 4) is 0 Å². The Morgan fingerprint density at radius 1 is 0.921 bits per heavy atom. The number of aromatic nitrogens is 1. The van der Waals surface area contributed by atoms with E-state index in [1.807, 2.05) is 0 Å². The first-order chi connectivity index (χ1) is 17.9. The Morgan fingerprint density at radius 3 is 2.45 bits per heavy atom. The number of aromatic amines is 1. The van der Waals surface area contributed by atoms with Gasteiger partial charge in [0.25, 0.3) is 0 Å². The Morgan fingerprint density at radius 2 is 1.68 bits per heavy atom. The maximum atomic E-state index is 10.8. The molecule has 7 rings (SSSR count). The largest absolute Gasteiger partial charge is 0.396 e. The predicted molar refractivity (Wildman–Crippen MR) is 158 cm³/mol. The molecule has 2 aromatic rings. The molecule has 0 amide bonds.